The van der Waals surface area contributed by atoms with Crippen molar-refractivity contribution in [1.29, 1.82) is 0 Å². The van der Waals surface area contributed by atoms with Gasteiger partial charge in [-0.3, -0.25) is 0 Å². The van der Waals surface area contributed by atoms with E-state index in [1.807, 2.05) is 25.1 Å². The van der Waals surface area contributed by atoms with E-state index in [4.69, 9.17) is 9.26 Å². The summed E-state index contributed by atoms with van der Waals surface area (Å²) in [5.41, 5.74) is 2.74. The number of rotatable bonds is 4. The third kappa shape index (κ3) is 2.85. The van der Waals surface area contributed by atoms with Crippen molar-refractivity contribution in [3.05, 3.63) is 47.3 Å². The van der Waals surface area contributed by atoms with Crippen LogP contribution in [0.15, 0.2) is 35.2 Å². The van der Waals surface area contributed by atoms with Crippen molar-refractivity contribution < 1.29 is 14.4 Å². The predicted octanol–water partition coefficient (Wildman–Crippen LogP) is 2.62. The fourth-order valence-corrected chi connectivity index (χ4v) is 1.57. The predicted molar refractivity (Wildman–Crippen MR) is 62.6 cm³/mol. The monoisotopic (exact) mass is 233 g/mol. The summed E-state index contributed by atoms with van der Waals surface area (Å²) in [5.74, 6) is 0.696. The van der Waals surface area contributed by atoms with E-state index in [2.05, 4.69) is 5.16 Å². The molecule has 0 spiro atoms. The molecule has 0 aliphatic rings. The summed E-state index contributed by atoms with van der Waals surface area (Å²) < 4.78 is 10.4. The van der Waals surface area contributed by atoms with E-state index in [-0.39, 0.29) is 0 Å². The third-order valence-corrected chi connectivity index (χ3v) is 2.50. The molecule has 17 heavy (non-hydrogen) atoms. The van der Waals surface area contributed by atoms with Crippen LogP contribution in [0.3, 0.4) is 0 Å². The maximum Gasteiger partial charge on any atom is 0.130 e. The van der Waals surface area contributed by atoms with Crippen LogP contribution < -0.4 is 4.74 Å². The van der Waals surface area contributed by atoms with Crippen LogP contribution in [0, 0.1) is 6.92 Å². The lowest BCUT2D eigenvalue weighted by Gasteiger charge is -2.13. The molecule has 0 saturated heterocycles. The van der Waals surface area contributed by atoms with Gasteiger partial charge in [0.1, 0.15) is 18.6 Å². The Morgan fingerprint density at radius 3 is 2.94 bits per heavy atom. The van der Waals surface area contributed by atoms with Crippen molar-refractivity contribution >= 4 is 0 Å². The van der Waals surface area contributed by atoms with Crippen molar-refractivity contribution in [1.82, 2.24) is 5.16 Å². The highest BCUT2D eigenvalue weighted by atomic mass is 16.5. The molecule has 1 N–H and O–H groups in total. The second kappa shape index (κ2) is 5.01. The van der Waals surface area contributed by atoms with Crippen LogP contribution in [0.2, 0.25) is 0 Å². The molecule has 0 unspecified atom stereocenters. The molecule has 0 amide bonds. The van der Waals surface area contributed by atoms with Crippen LogP contribution >= 0.6 is 0 Å². The summed E-state index contributed by atoms with van der Waals surface area (Å²) >= 11 is 0. The lowest BCUT2D eigenvalue weighted by Crippen LogP contribution is -2.00. The number of aromatic nitrogens is 1. The number of benzene rings is 1. The van der Waals surface area contributed by atoms with E-state index in [1.165, 1.54) is 6.26 Å². The fourth-order valence-electron chi connectivity index (χ4n) is 1.57. The normalized spacial score (nSPS) is 12.4. The highest BCUT2D eigenvalue weighted by molar-refractivity contribution is 5.38. The third-order valence-electron chi connectivity index (χ3n) is 2.50. The number of hydrogen-bond donors (Lipinski definition) is 1. The molecule has 2 aromatic rings. The Morgan fingerprint density at radius 1 is 1.47 bits per heavy atom. The van der Waals surface area contributed by atoms with Crippen molar-refractivity contribution in [3.63, 3.8) is 0 Å². The Kier molecular flexibility index (Phi) is 3.44. The molecule has 0 aliphatic heterocycles. The van der Waals surface area contributed by atoms with E-state index in [0.29, 0.717) is 12.4 Å². The standard InChI is InChI=1S/C13H15NO3/c1-9-3-4-12(10(2)15)13(5-9)16-7-11-6-14-17-8-11/h3-6,8,10,15H,7H2,1-2H3/t10-/m0/s1. The van der Waals surface area contributed by atoms with Gasteiger partial charge in [-0.15, -0.1) is 0 Å². The molecule has 4 heteroatoms. The zero-order valence-electron chi connectivity index (χ0n) is 9.88. The summed E-state index contributed by atoms with van der Waals surface area (Å²) in [4.78, 5) is 0. The number of aliphatic hydroxyl groups is 1. The smallest absolute Gasteiger partial charge is 0.130 e. The van der Waals surface area contributed by atoms with Gasteiger partial charge in [-0.05, 0) is 25.5 Å². The van der Waals surface area contributed by atoms with Crippen LogP contribution in [0.1, 0.15) is 29.7 Å². The number of aliphatic hydroxyl groups excluding tert-OH is 1. The van der Waals surface area contributed by atoms with Gasteiger partial charge in [0.05, 0.1) is 12.3 Å². The molecule has 2 rings (SSSR count). The van der Waals surface area contributed by atoms with Gasteiger partial charge >= 0.3 is 0 Å². The first-order valence-corrected chi connectivity index (χ1v) is 5.46. The molecule has 0 fully saturated rings. The molecule has 0 saturated carbocycles. The maximum absolute atomic E-state index is 9.64. The molecule has 1 aromatic heterocycles. The summed E-state index contributed by atoms with van der Waals surface area (Å²) in [6.45, 7) is 4.09. The van der Waals surface area contributed by atoms with E-state index in [1.54, 1.807) is 13.1 Å². The lowest BCUT2D eigenvalue weighted by molar-refractivity contribution is 0.190. The minimum atomic E-state index is -0.548. The summed E-state index contributed by atoms with van der Waals surface area (Å²) in [7, 11) is 0. The number of aryl methyl sites for hydroxylation is 1. The number of ether oxygens (including phenoxy) is 1. The largest absolute Gasteiger partial charge is 0.488 e. The average molecular weight is 233 g/mol. The van der Waals surface area contributed by atoms with Crippen molar-refractivity contribution in [2.45, 2.75) is 26.6 Å². The van der Waals surface area contributed by atoms with Crippen molar-refractivity contribution in [2.75, 3.05) is 0 Å². The fraction of sp³-hybridized carbons (Fsp3) is 0.308. The van der Waals surface area contributed by atoms with E-state index in [9.17, 15) is 5.11 Å². The molecule has 0 aliphatic carbocycles. The Bertz CT molecular complexity index is 477. The van der Waals surface area contributed by atoms with Gasteiger partial charge in [0, 0.05) is 11.1 Å². The van der Waals surface area contributed by atoms with Gasteiger partial charge in [0.2, 0.25) is 0 Å². The summed E-state index contributed by atoms with van der Waals surface area (Å²) in [6, 6.07) is 5.74. The molecule has 0 radical (unpaired) electrons. The molecule has 1 atom stereocenters. The highest BCUT2D eigenvalue weighted by Gasteiger charge is 2.09. The molecule has 4 nitrogen and oxygen atoms in total. The van der Waals surface area contributed by atoms with Crippen LogP contribution in [0.4, 0.5) is 0 Å². The molecular weight excluding hydrogens is 218 g/mol. The Labute approximate surface area is 99.8 Å². The summed E-state index contributed by atoms with van der Waals surface area (Å²) in [6.07, 6.45) is 2.60. The maximum atomic E-state index is 9.64. The van der Waals surface area contributed by atoms with Crippen molar-refractivity contribution in [3.8, 4) is 5.75 Å². The minimum Gasteiger partial charge on any atom is -0.488 e. The first-order chi connectivity index (χ1) is 8.16. The van der Waals surface area contributed by atoms with Gasteiger partial charge in [0.15, 0.2) is 0 Å². The van der Waals surface area contributed by atoms with Gasteiger partial charge in [0.25, 0.3) is 0 Å². The van der Waals surface area contributed by atoms with Crippen molar-refractivity contribution in [2.24, 2.45) is 0 Å². The molecule has 0 bridgehead atoms. The molecule has 90 valence electrons. The quantitative estimate of drug-likeness (QED) is 0.881. The van der Waals surface area contributed by atoms with E-state index in [0.717, 1.165) is 16.7 Å². The Hall–Kier alpha value is -1.81. The zero-order valence-corrected chi connectivity index (χ0v) is 9.88. The molecule has 1 aromatic carbocycles. The van der Waals surface area contributed by atoms with Crippen LogP contribution in [-0.4, -0.2) is 10.3 Å². The van der Waals surface area contributed by atoms with E-state index < -0.39 is 6.10 Å². The molecule has 1 heterocycles. The number of hydrogen-bond acceptors (Lipinski definition) is 4. The SMILES string of the molecule is Cc1ccc([C@H](C)O)c(OCc2cnoc2)c1. The van der Waals surface area contributed by atoms with Gasteiger partial charge < -0.3 is 14.4 Å². The van der Waals surface area contributed by atoms with Gasteiger partial charge in [-0.2, -0.15) is 0 Å². The van der Waals surface area contributed by atoms with Crippen LogP contribution in [0.5, 0.6) is 5.75 Å². The number of nitrogens with zero attached hydrogens (tertiary/aromatic N) is 1. The second-order valence-electron chi connectivity index (χ2n) is 4.04. The molecular formula is C13H15NO3. The van der Waals surface area contributed by atoms with Gasteiger partial charge in [-0.25, -0.2) is 0 Å². The first kappa shape index (κ1) is 11.7. The Morgan fingerprint density at radius 2 is 2.29 bits per heavy atom. The first-order valence-electron chi connectivity index (χ1n) is 5.46. The second-order valence-corrected chi connectivity index (χ2v) is 4.04. The van der Waals surface area contributed by atoms with Gasteiger partial charge in [-0.1, -0.05) is 17.3 Å². The zero-order chi connectivity index (χ0) is 12.3. The lowest BCUT2D eigenvalue weighted by atomic mass is 10.1. The van der Waals surface area contributed by atoms with Crippen LogP contribution in [0.25, 0.3) is 0 Å². The Balaban J connectivity index is 2.16. The van der Waals surface area contributed by atoms with Crippen LogP contribution in [-0.2, 0) is 6.61 Å². The average Bonchev–Trinajstić information content (AvgIpc) is 2.78. The summed E-state index contributed by atoms with van der Waals surface area (Å²) in [5, 5.41) is 13.2. The highest BCUT2D eigenvalue weighted by Crippen LogP contribution is 2.26. The van der Waals surface area contributed by atoms with E-state index >= 15 is 0 Å². The topological polar surface area (TPSA) is 55.5 Å². The minimum absolute atomic E-state index is 0.382.